The Hall–Kier alpha value is -1.59. The lowest BCUT2D eigenvalue weighted by atomic mass is 10.3. The summed E-state index contributed by atoms with van der Waals surface area (Å²) in [5, 5.41) is 13.6. The Morgan fingerprint density at radius 2 is 2.31 bits per heavy atom. The van der Waals surface area contributed by atoms with Crippen molar-refractivity contribution in [1.29, 1.82) is 0 Å². The molecule has 1 aromatic rings. The molecule has 0 spiro atoms. The molecule has 0 bridgehead atoms. The first-order valence-electron chi connectivity index (χ1n) is 3.87. The highest BCUT2D eigenvalue weighted by molar-refractivity contribution is 4.90. The zero-order valence-electron chi connectivity index (χ0n) is 7.67. The second kappa shape index (κ2) is 5.99. The molecule has 0 radical (unpaired) electrons. The highest BCUT2D eigenvalue weighted by atomic mass is 16.9. The maximum absolute atomic E-state index is 8.36. The fourth-order valence-corrected chi connectivity index (χ4v) is 0.861. The molecule has 0 aliphatic heterocycles. The average molecular weight is 187 g/mol. The van der Waals surface area contributed by atoms with Gasteiger partial charge in [-0.15, -0.1) is 10.1 Å². The van der Waals surface area contributed by atoms with Crippen molar-refractivity contribution in [2.24, 2.45) is 7.05 Å². The summed E-state index contributed by atoms with van der Waals surface area (Å²) in [7, 11) is 2.03. The van der Waals surface area contributed by atoms with E-state index in [0.29, 0.717) is 0 Å². The molecule has 13 heavy (non-hydrogen) atoms. The van der Waals surface area contributed by atoms with Gasteiger partial charge in [-0.2, -0.15) is 0 Å². The van der Waals surface area contributed by atoms with Gasteiger partial charge in [-0.05, 0) is 6.42 Å². The molecule has 1 rings (SSSR count). The fraction of sp³-hybridized carbons (Fsp3) is 0.571. The van der Waals surface area contributed by atoms with Gasteiger partial charge in [0.2, 0.25) is 0 Å². The topological polar surface area (TPSA) is 81.2 Å². The Morgan fingerprint density at radius 3 is 2.62 bits per heavy atom. The van der Waals surface area contributed by atoms with Crippen LogP contribution >= 0.6 is 0 Å². The van der Waals surface area contributed by atoms with E-state index >= 15 is 0 Å². The smallest absolute Gasteiger partial charge is 0.291 e. The summed E-state index contributed by atoms with van der Waals surface area (Å²) in [6.45, 7) is 2.16. The number of hydrogen-bond donors (Lipinski definition) is 1. The maximum Gasteiger partial charge on any atom is 0.291 e. The van der Waals surface area contributed by atoms with Crippen LogP contribution in [-0.2, 0) is 13.5 Å². The van der Waals surface area contributed by atoms with Gasteiger partial charge >= 0.3 is 0 Å². The Labute approximate surface area is 75.9 Å². The Bertz CT molecular complexity index is 255. The largest absolute Gasteiger partial charge is 0.338 e. The number of aryl methyl sites for hydroxylation is 2. The Balaban J connectivity index is 0.000000310. The number of aromatic nitrogens is 2. The monoisotopic (exact) mass is 187 g/mol. The van der Waals surface area contributed by atoms with Crippen LogP contribution in [0.5, 0.6) is 0 Å². The van der Waals surface area contributed by atoms with Gasteiger partial charge in [-0.25, -0.2) is 4.98 Å². The van der Waals surface area contributed by atoms with Gasteiger partial charge in [0.1, 0.15) is 5.82 Å². The Kier molecular flexibility index (Phi) is 5.25. The molecule has 6 heteroatoms. The van der Waals surface area contributed by atoms with E-state index in [1.54, 1.807) is 0 Å². The van der Waals surface area contributed by atoms with Crippen molar-refractivity contribution in [3.8, 4) is 0 Å². The molecule has 0 saturated carbocycles. The molecule has 0 aliphatic carbocycles. The van der Waals surface area contributed by atoms with Gasteiger partial charge in [0.05, 0.1) is 0 Å². The highest BCUT2D eigenvalue weighted by Gasteiger charge is 1.93. The predicted molar refractivity (Wildman–Crippen MR) is 46.0 cm³/mol. The molecule has 74 valence electrons. The van der Waals surface area contributed by atoms with Crippen LogP contribution in [0.1, 0.15) is 19.2 Å². The molecule has 1 aromatic heterocycles. The third-order valence-electron chi connectivity index (χ3n) is 1.39. The van der Waals surface area contributed by atoms with Gasteiger partial charge in [0.25, 0.3) is 5.09 Å². The van der Waals surface area contributed by atoms with Gasteiger partial charge < -0.3 is 9.77 Å². The van der Waals surface area contributed by atoms with E-state index in [2.05, 4.69) is 16.5 Å². The number of imidazole rings is 1. The minimum Gasteiger partial charge on any atom is -0.338 e. The van der Waals surface area contributed by atoms with Crippen LogP contribution in [0.2, 0.25) is 0 Å². The van der Waals surface area contributed by atoms with Crippen LogP contribution in [0.3, 0.4) is 0 Å². The van der Waals surface area contributed by atoms with Crippen LogP contribution in [0, 0.1) is 10.1 Å². The van der Waals surface area contributed by atoms with Crippen molar-refractivity contribution in [2.45, 2.75) is 19.8 Å². The fourth-order valence-electron chi connectivity index (χ4n) is 0.861. The van der Waals surface area contributed by atoms with Gasteiger partial charge in [0.15, 0.2) is 0 Å². The minimum absolute atomic E-state index is 1.09. The van der Waals surface area contributed by atoms with Crippen molar-refractivity contribution in [1.82, 2.24) is 9.55 Å². The van der Waals surface area contributed by atoms with Crippen molar-refractivity contribution in [2.75, 3.05) is 0 Å². The second-order valence-corrected chi connectivity index (χ2v) is 2.44. The summed E-state index contributed by atoms with van der Waals surface area (Å²) in [5.74, 6) is 1.18. The number of rotatable bonds is 2. The summed E-state index contributed by atoms with van der Waals surface area (Å²) >= 11 is 0. The molecule has 1 N–H and O–H groups in total. The van der Waals surface area contributed by atoms with Crippen LogP contribution in [-0.4, -0.2) is 19.8 Å². The average Bonchev–Trinajstić information content (AvgIpc) is 2.36. The van der Waals surface area contributed by atoms with E-state index in [4.69, 9.17) is 15.3 Å². The minimum atomic E-state index is -1.50. The SMILES string of the molecule is CCCc1nccn1C.O=[N+]([O-])O. The molecule has 0 aromatic carbocycles. The van der Waals surface area contributed by atoms with E-state index < -0.39 is 5.09 Å². The molecule has 0 unspecified atom stereocenters. The zero-order valence-corrected chi connectivity index (χ0v) is 7.67. The standard InChI is InChI=1S/C7H12N2.HNO3/c1-3-4-7-8-5-6-9(7)2;2-1(3)4/h5-6H,3-4H2,1-2H3;(H,2,3,4). The van der Waals surface area contributed by atoms with E-state index in [-0.39, 0.29) is 0 Å². The molecule has 0 atom stereocenters. The first kappa shape index (κ1) is 11.4. The molecule has 0 amide bonds. The van der Waals surface area contributed by atoms with E-state index in [9.17, 15) is 0 Å². The summed E-state index contributed by atoms with van der Waals surface area (Å²) in [4.78, 5) is 12.5. The van der Waals surface area contributed by atoms with Crippen LogP contribution in [0.25, 0.3) is 0 Å². The molecular weight excluding hydrogens is 174 g/mol. The second-order valence-electron chi connectivity index (χ2n) is 2.44. The molecule has 6 nitrogen and oxygen atoms in total. The Morgan fingerprint density at radius 1 is 1.77 bits per heavy atom. The first-order chi connectivity index (χ1) is 6.07. The maximum atomic E-state index is 8.36. The summed E-state index contributed by atoms with van der Waals surface area (Å²) < 4.78 is 2.06. The van der Waals surface area contributed by atoms with Crippen molar-refractivity contribution in [3.05, 3.63) is 28.3 Å². The van der Waals surface area contributed by atoms with Crippen molar-refractivity contribution < 1.29 is 10.3 Å². The molecule has 0 fully saturated rings. The third-order valence-corrected chi connectivity index (χ3v) is 1.39. The lowest BCUT2D eigenvalue weighted by Crippen LogP contribution is -1.95. The molecule has 1 heterocycles. The first-order valence-corrected chi connectivity index (χ1v) is 3.87. The van der Waals surface area contributed by atoms with Crippen molar-refractivity contribution >= 4 is 0 Å². The van der Waals surface area contributed by atoms with Crippen molar-refractivity contribution in [3.63, 3.8) is 0 Å². The predicted octanol–water partition coefficient (Wildman–Crippen LogP) is 1.02. The van der Waals surface area contributed by atoms with E-state index in [0.717, 1.165) is 6.42 Å². The molecule has 0 saturated heterocycles. The zero-order chi connectivity index (χ0) is 10.3. The lowest BCUT2D eigenvalue weighted by molar-refractivity contribution is -0.742. The van der Waals surface area contributed by atoms with E-state index in [1.165, 1.54) is 12.2 Å². The van der Waals surface area contributed by atoms with Gasteiger partial charge in [0, 0.05) is 25.9 Å². The van der Waals surface area contributed by atoms with Crippen LogP contribution in [0.4, 0.5) is 0 Å². The summed E-state index contributed by atoms with van der Waals surface area (Å²) in [6.07, 6.45) is 6.07. The molecular formula is C7H13N3O3. The third kappa shape index (κ3) is 5.66. The van der Waals surface area contributed by atoms with Gasteiger partial charge in [-0.3, -0.25) is 0 Å². The van der Waals surface area contributed by atoms with Crippen LogP contribution in [0.15, 0.2) is 12.4 Å². The molecule has 0 aliphatic rings. The highest BCUT2D eigenvalue weighted by Crippen LogP contribution is 1.96. The van der Waals surface area contributed by atoms with Crippen LogP contribution < -0.4 is 0 Å². The quantitative estimate of drug-likeness (QED) is 0.553. The summed E-state index contributed by atoms with van der Waals surface area (Å²) in [6, 6.07) is 0. The van der Waals surface area contributed by atoms with Gasteiger partial charge in [-0.1, -0.05) is 6.92 Å². The lowest BCUT2D eigenvalue weighted by Gasteiger charge is -1.95. The number of nitrogens with zero attached hydrogens (tertiary/aromatic N) is 3. The number of hydrogen-bond acceptors (Lipinski definition) is 3. The van der Waals surface area contributed by atoms with E-state index in [1.807, 2.05) is 19.4 Å². The normalized spacial score (nSPS) is 8.77. The summed E-state index contributed by atoms with van der Waals surface area (Å²) in [5.41, 5.74) is 0.